The van der Waals surface area contributed by atoms with Crippen LogP contribution in [-0.4, -0.2) is 56.3 Å². The largest absolute Gasteiger partial charge is 0.302 e. The molecule has 92 valence electrons. The molecule has 0 aliphatic rings. The van der Waals surface area contributed by atoms with Crippen LogP contribution in [0.15, 0.2) is 0 Å². The van der Waals surface area contributed by atoms with E-state index in [-0.39, 0.29) is 11.6 Å². The van der Waals surface area contributed by atoms with Crippen molar-refractivity contribution in [2.75, 3.05) is 34.9 Å². The number of hydrogen-bond donors (Lipinski definition) is 0. The lowest BCUT2D eigenvalue weighted by molar-refractivity contribution is 0.0894. The third kappa shape index (κ3) is 6.59. The zero-order chi connectivity index (χ0) is 12.2. The molecule has 1 unspecified atom stereocenters. The van der Waals surface area contributed by atoms with Crippen LogP contribution in [-0.2, 0) is 9.09 Å². The fraction of sp³-hybridized carbons (Fsp3) is 1.00. The second-order valence-corrected chi connectivity index (χ2v) is 9.38. The summed E-state index contributed by atoms with van der Waals surface area (Å²) < 4.78 is 17.7. The second kappa shape index (κ2) is 6.26. The van der Waals surface area contributed by atoms with Gasteiger partial charge in [0.05, 0.1) is 5.37 Å². The molecule has 0 radical (unpaired) electrons. The third-order valence-corrected chi connectivity index (χ3v) is 6.26. The fourth-order valence-electron chi connectivity index (χ4n) is 0.768. The molecular formula is C9H23N2O2PS. The van der Waals surface area contributed by atoms with Gasteiger partial charge in [0.15, 0.2) is 0 Å². The zero-order valence-electron chi connectivity index (χ0n) is 10.7. The van der Waals surface area contributed by atoms with Gasteiger partial charge in [-0.3, -0.25) is 14.4 Å². The van der Waals surface area contributed by atoms with Crippen molar-refractivity contribution in [3.8, 4) is 0 Å². The molecule has 0 aliphatic carbocycles. The Labute approximate surface area is 97.5 Å². The smallest absolute Gasteiger partial charge is 0.257 e. The third-order valence-electron chi connectivity index (χ3n) is 2.14. The summed E-state index contributed by atoms with van der Waals surface area (Å²) in [6, 6.07) is 0. The summed E-state index contributed by atoms with van der Waals surface area (Å²) in [6.07, 6.45) is -0.123. The van der Waals surface area contributed by atoms with Gasteiger partial charge in [0.1, 0.15) is 6.23 Å². The van der Waals surface area contributed by atoms with Crippen LogP contribution in [0.2, 0.25) is 0 Å². The first-order valence-electron chi connectivity index (χ1n) is 4.93. The van der Waals surface area contributed by atoms with Gasteiger partial charge in [0, 0.05) is 6.66 Å². The maximum absolute atomic E-state index is 12.1. The molecule has 6 heteroatoms. The molecule has 0 N–H and O–H groups in total. The summed E-state index contributed by atoms with van der Waals surface area (Å²) in [5.74, 6) is 0. The summed E-state index contributed by atoms with van der Waals surface area (Å²) in [6.45, 7) is 3.02. The molecule has 0 aromatic heterocycles. The maximum atomic E-state index is 12.1. The first kappa shape index (κ1) is 15.5. The Morgan fingerprint density at radius 2 is 1.60 bits per heavy atom. The van der Waals surface area contributed by atoms with E-state index >= 15 is 0 Å². The lowest BCUT2D eigenvalue weighted by atomic mass is 10.6. The van der Waals surface area contributed by atoms with Crippen molar-refractivity contribution < 1.29 is 9.09 Å². The van der Waals surface area contributed by atoms with Gasteiger partial charge in [0.25, 0.3) is 6.57 Å². The molecule has 0 spiro atoms. The van der Waals surface area contributed by atoms with Crippen molar-refractivity contribution in [2.24, 2.45) is 0 Å². The minimum Gasteiger partial charge on any atom is -0.302 e. The quantitative estimate of drug-likeness (QED) is 0.537. The van der Waals surface area contributed by atoms with Crippen LogP contribution < -0.4 is 0 Å². The lowest BCUT2D eigenvalue weighted by Crippen LogP contribution is -2.27. The minimum atomic E-state index is -2.58. The highest BCUT2D eigenvalue weighted by Crippen LogP contribution is 2.59. The van der Waals surface area contributed by atoms with Gasteiger partial charge < -0.3 is 4.52 Å². The minimum absolute atomic E-state index is 0.123. The molecule has 0 rings (SSSR count). The highest BCUT2D eigenvalue weighted by Gasteiger charge is 2.25. The van der Waals surface area contributed by atoms with E-state index in [0.29, 0.717) is 0 Å². The molecule has 0 heterocycles. The Kier molecular flexibility index (Phi) is 6.45. The molecule has 0 aromatic carbocycles. The molecule has 0 saturated carbocycles. The first-order valence-corrected chi connectivity index (χ1v) is 8.48. The van der Waals surface area contributed by atoms with Gasteiger partial charge in [-0.2, -0.15) is 0 Å². The molecule has 0 bridgehead atoms. The van der Waals surface area contributed by atoms with Crippen LogP contribution in [0, 0.1) is 0 Å². The Morgan fingerprint density at radius 3 is 1.93 bits per heavy atom. The van der Waals surface area contributed by atoms with Crippen molar-refractivity contribution in [3.05, 3.63) is 0 Å². The summed E-state index contributed by atoms with van der Waals surface area (Å²) in [5, 5.41) is 0.190. The van der Waals surface area contributed by atoms with Crippen molar-refractivity contribution in [1.82, 2.24) is 9.80 Å². The average Bonchev–Trinajstić information content (AvgIpc) is 2.01. The van der Waals surface area contributed by atoms with Gasteiger partial charge in [0.2, 0.25) is 0 Å². The van der Waals surface area contributed by atoms with E-state index < -0.39 is 6.57 Å². The van der Waals surface area contributed by atoms with Gasteiger partial charge in [-0.25, -0.2) is 0 Å². The van der Waals surface area contributed by atoms with Crippen LogP contribution in [0.5, 0.6) is 0 Å². The summed E-state index contributed by atoms with van der Waals surface area (Å²) in [5.41, 5.74) is 0. The van der Waals surface area contributed by atoms with Gasteiger partial charge in [-0.1, -0.05) is 11.4 Å². The van der Waals surface area contributed by atoms with Gasteiger partial charge in [-0.15, -0.1) is 0 Å². The molecule has 0 saturated heterocycles. The first-order chi connectivity index (χ1) is 6.65. The normalized spacial score (nSPS) is 20.3. The summed E-state index contributed by atoms with van der Waals surface area (Å²) in [7, 11) is 7.75. The van der Waals surface area contributed by atoms with Gasteiger partial charge in [-0.05, 0) is 42.0 Å². The van der Waals surface area contributed by atoms with Crippen molar-refractivity contribution in [1.29, 1.82) is 0 Å². The summed E-state index contributed by atoms with van der Waals surface area (Å²) >= 11 is 1.39. The zero-order valence-corrected chi connectivity index (χ0v) is 12.4. The van der Waals surface area contributed by atoms with Crippen LogP contribution in [0.1, 0.15) is 13.8 Å². The molecular weight excluding hydrogens is 231 g/mol. The van der Waals surface area contributed by atoms with E-state index in [0.717, 1.165) is 0 Å². The highest BCUT2D eigenvalue weighted by atomic mass is 32.7. The SMILES string of the molecule is C[C@H](OP(C)(=O)S[C@@H](C)N(C)C)N(C)C. The molecule has 0 fully saturated rings. The predicted octanol–water partition coefficient (Wildman–Crippen LogP) is 2.37. The molecule has 3 atom stereocenters. The number of nitrogens with zero attached hydrogens (tertiary/aromatic N) is 2. The maximum Gasteiger partial charge on any atom is 0.257 e. The van der Waals surface area contributed by atoms with E-state index in [1.807, 2.05) is 51.8 Å². The van der Waals surface area contributed by atoms with Crippen LogP contribution in [0.3, 0.4) is 0 Å². The lowest BCUT2D eigenvalue weighted by Gasteiger charge is -2.27. The number of hydrogen-bond acceptors (Lipinski definition) is 5. The Hall–Kier alpha value is 0.460. The van der Waals surface area contributed by atoms with Crippen LogP contribution in [0.4, 0.5) is 0 Å². The van der Waals surface area contributed by atoms with E-state index in [9.17, 15) is 4.57 Å². The van der Waals surface area contributed by atoms with E-state index in [1.54, 1.807) is 6.66 Å². The monoisotopic (exact) mass is 254 g/mol. The van der Waals surface area contributed by atoms with E-state index in [2.05, 4.69) is 0 Å². The summed E-state index contributed by atoms with van der Waals surface area (Å²) in [4.78, 5) is 3.92. The van der Waals surface area contributed by atoms with Crippen LogP contribution in [0.25, 0.3) is 0 Å². The van der Waals surface area contributed by atoms with E-state index in [1.165, 1.54) is 11.4 Å². The standard InChI is InChI=1S/C9H23N2O2PS/c1-8(10(3)4)13-14(7,12)15-9(2)11(5)6/h8-9H,1-7H3/t8-,9-,14?/m0/s1. The molecule has 0 aromatic rings. The predicted molar refractivity (Wildman–Crippen MR) is 68.5 cm³/mol. The Balaban J connectivity index is 4.25. The fourth-order valence-corrected chi connectivity index (χ4v) is 5.05. The molecule has 4 nitrogen and oxygen atoms in total. The van der Waals surface area contributed by atoms with Crippen LogP contribution >= 0.6 is 18.0 Å². The van der Waals surface area contributed by atoms with Crippen molar-refractivity contribution >= 4 is 18.0 Å². The number of rotatable bonds is 6. The topological polar surface area (TPSA) is 32.8 Å². The van der Waals surface area contributed by atoms with E-state index in [4.69, 9.17) is 4.52 Å². The second-order valence-electron chi connectivity index (χ2n) is 4.11. The molecule has 0 amide bonds. The Bertz CT molecular complexity index is 216. The molecule has 15 heavy (non-hydrogen) atoms. The Morgan fingerprint density at radius 1 is 1.13 bits per heavy atom. The molecule has 0 aliphatic heterocycles. The van der Waals surface area contributed by atoms with Crippen molar-refractivity contribution in [3.63, 3.8) is 0 Å². The van der Waals surface area contributed by atoms with Gasteiger partial charge >= 0.3 is 0 Å². The van der Waals surface area contributed by atoms with Crippen molar-refractivity contribution in [2.45, 2.75) is 25.4 Å². The highest BCUT2D eigenvalue weighted by molar-refractivity contribution is 8.56. The average molecular weight is 254 g/mol.